The number of carboxylic acids is 1. The number of methoxy groups -OCH3 is 1. The standard InChI is InChI=1S/C16H21NO4/c1-11(12-4-6-13(21-2)7-5-12)10-14(18)17-16(15(19)20)8-3-9-16/h4-7,11H,3,8-10H2,1-2H3,(H,17,18)(H,19,20). The summed E-state index contributed by atoms with van der Waals surface area (Å²) in [4.78, 5) is 23.3. The molecule has 5 nitrogen and oxygen atoms in total. The zero-order chi connectivity index (χ0) is 15.5. The number of benzene rings is 1. The highest BCUT2D eigenvalue weighted by molar-refractivity contribution is 5.88. The smallest absolute Gasteiger partial charge is 0.329 e. The van der Waals surface area contributed by atoms with E-state index < -0.39 is 11.5 Å². The molecule has 1 aromatic carbocycles. The largest absolute Gasteiger partial charge is 0.497 e. The quantitative estimate of drug-likeness (QED) is 0.843. The third-order valence-corrected chi connectivity index (χ3v) is 4.17. The van der Waals surface area contributed by atoms with Crippen LogP contribution in [0.5, 0.6) is 5.75 Å². The number of ether oxygens (including phenoxy) is 1. The van der Waals surface area contributed by atoms with Crippen molar-refractivity contribution in [2.75, 3.05) is 7.11 Å². The minimum Gasteiger partial charge on any atom is -0.497 e. The summed E-state index contributed by atoms with van der Waals surface area (Å²) in [5, 5.41) is 11.9. The number of hydrogen-bond acceptors (Lipinski definition) is 3. The van der Waals surface area contributed by atoms with Gasteiger partial charge in [0.1, 0.15) is 11.3 Å². The number of rotatable bonds is 6. The Morgan fingerprint density at radius 1 is 1.33 bits per heavy atom. The first-order chi connectivity index (χ1) is 9.97. The Balaban J connectivity index is 1.93. The number of carboxylic acid groups (broad SMARTS) is 1. The molecule has 1 aliphatic rings. The van der Waals surface area contributed by atoms with Crippen LogP contribution in [0.4, 0.5) is 0 Å². The molecule has 1 atom stereocenters. The van der Waals surface area contributed by atoms with Gasteiger partial charge >= 0.3 is 5.97 Å². The summed E-state index contributed by atoms with van der Waals surface area (Å²) < 4.78 is 5.10. The summed E-state index contributed by atoms with van der Waals surface area (Å²) in [7, 11) is 1.61. The van der Waals surface area contributed by atoms with E-state index in [1.54, 1.807) is 7.11 Å². The summed E-state index contributed by atoms with van der Waals surface area (Å²) in [5.41, 5.74) is 0.000381. The number of carbonyl (C=O) groups excluding carboxylic acids is 1. The molecule has 0 aromatic heterocycles. The van der Waals surface area contributed by atoms with Crippen LogP contribution < -0.4 is 10.1 Å². The predicted molar refractivity (Wildman–Crippen MR) is 78.4 cm³/mol. The van der Waals surface area contributed by atoms with Gasteiger partial charge in [-0.15, -0.1) is 0 Å². The Morgan fingerprint density at radius 2 is 1.95 bits per heavy atom. The highest BCUT2D eigenvalue weighted by Gasteiger charge is 2.45. The summed E-state index contributed by atoms with van der Waals surface area (Å²) in [6, 6.07) is 7.56. The Kier molecular flexibility index (Phi) is 4.50. The molecule has 1 aromatic rings. The maximum atomic E-state index is 12.1. The van der Waals surface area contributed by atoms with E-state index in [-0.39, 0.29) is 18.2 Å². The van der Waals surface area contributed by atoms with Gasteiger partial charge in [-0.1, -0.05) is 19.1 Å². The molecule has 2 rings (SSSR count). The molecule has 0 bridgehead atoms. The Bertz CT molecular complexity index is 520. The van der Waals surface area contributed by atoms with Crippen molar-refractivity contribution in [3.63, 3.8) is 0 Å². The predicted octanol–water partition coefficient (Wildman–Crippen LogP) is 2.31. The number of aliphatic carboxylic acids is 1. The van der Waals surface area contributed by atoms with Crippen molar-refractivity contribution in [1.82, 2.24) is 5.32 Å². The van der Waals surface area contributed by atoms with Crippen molar-refractivity contribution in [1.29, 1.82) is 0 Å². The topological polar surface area (TPSA) is 75.6 Å². The van der Waals surface area contributed by atoms with Gasteiger partial charge in [-0.2, -0.15) is 0 Å². The van der Waals surface area contributed by atoms with Gasteiger partial charge in [-0.05, 0) is 42.9 Å². The van der Waals surface area contributed by atoms with Gasteiger partial charge < -0.3 is 15.2 Å². The van der Waals surface area contributed by atoms with Crippen molar-refractivity contribution >= 4 is 11.9 Å². The molecule has 0 radical (unpaired) electrons. The van der Waals surface area contributed by atoms with E-state index in [0.717, 1.165) is 17.7 Å². The van der Waals surface area contributed by atoms with Crippen LogP contribution in [0.2, 0.25) is 0 Å². The fourth-order valence-electron chi connectivity index (χ4n) is 2.57. The van der Waals surface area contributed by atoms with Gasteiger partial charge in [-0.25, -0.2) is 4.79 Å². The highest BCUT2D eigenvalue weighted by Crippen LogP contribution is 2.32. The van der Waals surface area contributed by atoms with Gasteiger partial charge in [0.25, 0.3) is 0 Å². The molecule has 21 heavy (non-hydrogen) atoms. The Labute approximate surface area is 124 Å². The van der Waals surface area contributed by atoms with Crippen LogP contribution in [-0.2, 0) is 9.59 Å². The van der Waals surface area contributed by atoms with Crippen LogP contribution in [0, 0.1) is 0 Å². The first-order valence-electron chi connectivity index (χ1n) is 7.15. The lowest BCUT2D eigenvalue weighted by molar-refractivity contribution is -0.151. The van der Waals surface area contributed by atoms with Crippen LogP contribution in [0.15, 0.2) is 24.3 Å². The van der Waals surface area contributed by atoms with Crippen LogP contribution >= 0.6 is 0 Å². The molecule has 0 heterocycles. The molecular formula is C16H21NO4. The average Bonchev–Trinajstić information content (AvgIpc) is 2.42. The molecule has 114 valence electrons. The number of carbonyl (C=O) groups is 2. The Morgan fingerprint density at radius 3 is 2.38 bits per heavy atom. The summed E-state index contributed by atoms with van der Waals surface area (Å²) >= 11 is 0. The lowest BCUT2D eigenvalue weighted by Gasteiger charge is -2.38. The first kappa shape index (κ1) is 15.4. The molecule has 5 heteroatoms. The molecule has 0 saturated heterocycles. The normalized spacial score (nSPS) is 17.4. The highest BCUT2D eigenvalue weighted by atomic mass is 16.5. The SMILES string of the molecule is COc1ccc(C(C)CC(=O)NC2(C(=O)O)CCC2)cc1. The second-order valence-corrected chi connectivity index (χ2v) is 5.67. The number of hydrogen-bond donors (Lipinski definition) is 2. The van der Waals surface area contributed by atoms with E-state index in [2.05, 4.69) is 5.32 Å². The second-order valence-electron chi connectivity index (χ2n) is 5.67. The summed E-state index contributed by atoms with van der Waals surface area (Å²) in [5.74, 6) is -0.337. The van der Waals surface area contributed by atoms with E-state index >= 15 is 0 Å². The first-order valence-corrected chi connectivity index (χ1v) is 7.15. The number of nitrogens with one attached hydrogen (secondary N) is 1. The third kappa shape index (κ3) is 3.35. The van der Waals surface area contributed by atoms with E-state index in [1.165, 1.54) is 0 Å². The van der Waals surface area contributed by atoms with E-state index in [9.17, 15) is 14.7 Å². The van der Waals surface area contributed by atoms with E-state index in [0.29, 0.717) is 12.8 Å². The maximum Gasteiger partial charge on any atom is 0.329 e. The van der Waals surface area contributed by atoms with Crippen molar-refractivity contribution in [3.8, 4) is 5.75 Å². The third-order valence-electron chi connectivity index (χ3n) is 4.17. The molecule has 0 spiro atoms. The zero-order valence-corrected chi connectivity index (χ0v) is 12.4. The molecule has 1 fully saturated rings. The fraction of sp³-hybridized carbons (Fsp3) is 0.500. The zero-order valence-electron chi connectivity index (χ0n) is 12.4. The van der Waals surface area contributed by atoms with Gasteiger partial charge in [-0.3, -0.25) is 4.79 Å². The van der Waals surface area contributed by atoms with Crippen molar-refractivity contribution in [2.45, 2.75) is 44.1 Å². The lowest BCUT2D eigenvalue weighted by Crippen LogP contribution is -2.59. The van der Waals surface area contributed by atoms with E-state index in [4.69, 9.17) is 4.74 Å². The van der Waals surface area contributed by atoms with Gasteiger partial charge in [0.2, 0.25) is 5.91 Å². The number of amides is 1. The molecule has 1 amide bonds. The summed E-state index contributed by atoms with van der Waals surface area (Å²) in [6.45, 7) is 1.95. The van der Waals surface area contributed by atoms with Crippen molar-refractivity contribution in [3.05, 3.63) is 29.8 Å². The van der Waals surface area contributed by atoms with Gasteiger partial charge in [0, 0.05) is 6.42 Å². The Hall–Kier alpha value is -2.04. The van der Waals surface area contributed by atoms with Crippen LogP contribution in [0.1, 0.15) is 44.1 Å². The summed E-state index contributed by atoms with van der Waals surface area (Å²) in [6.07, 6.45) is 2.16. The van der Waals surface area contributed by atoms with Crippen molar-refractivity contribution < 1.29 is 19.4 Å². The molecule has 1 saturated carbocycles. The van der Waals surface area contributed by atoms with Crippen LogP contribution in [0.25, 0.3) is 0 Å². The van der Waals surface area contributed by atoms with Gasteiger partial charge in [0.15, 0.2) is 0 Å². The van der Waals surface area contributed by atoms with Crippen LogP contribution in [-0.4, -0.2) is 29.6 Å². The van der Waals surface area contributed by atoms with Crippen LogP contribution in [0.3, 0.4) is 0 Å². The second kappa shape index (κ2) is 6.16. The average molecular weight is 291 g/mol. The fourth-order valence-corrected chi connectivity index (χ4v) is 2.57. The molecule has 1 unspecified atom stereocenters. The lowest BCUT2D eigenvalue weighted by atomic mass is 9.76. The minimum absolute atomic E-state index is 0.0295. The van der Waals surface area contributed by atoms with Gasteiger partial charge in [0.05, 0.1) is 7.11 Å². The molecule has 1 aliphatic carbocycles. The molecular weight excluding hydrogens is 270 g/mol. The van der Waals surface area contributed by atoms with Crippen molar-refractivity contribution in [2.24, 2.45) is 0 Å². The monoisotopic (exact) mass is 291 g/mol. The minimum atomic E-state index is -1.03. The molecule has 2 N–H and O–H groups in total. The maximum absolute atomic E-state index is 12.1. The molecule has 0 aliphatic heterocycles. The van der Waals surface area contributed by atoms with E-state index in [1.807, 2.05) is 31.2 Å².